The highest BCUT2D eigenvalue weighted by molar-refractivity contribution is 5.58. The van der Waals surface area contributed by atoms with Crippen molar-refractivity contribution in [1.82, 2.24) is 0 Å². The Morgan fingerprint density at radius 3 is 2.43 bits per heavy atom. The maximum Gasteiger partial charge on any atom is 0.130 e. The van der Waals surface area contributed by atoms with Gasteiger partial charge in [-0.2, -0.15) is 0 Å². The number of rotatable bonds is 10. The molecule has 1 aromatic rings. The van der Waals surface area contributed by atoms with Crippen LogP contribution in [-0.2, 0) is 15.9 Å². The van der Waals surface area contributed by atoms with Gasteiger partial charge in [0.1, 0.15) is 17.1 Å². The second-order valence-electron chi connectivity index (χ2n) is 9.08. The third kappa shape index (κ3) is 6.61. The number of phenolic OH excluding ortho intramolecular Hbond substituents is 1. The van der Waals surface area contributed by atoms with Crippen LogP contribution in [-0.4, -0.2) is 37.1 Å². The first-order valence-electron chi connectivity index (χ1n) is 11.1. The molecule has 4 nitrogen and oxygen atoms in total. The number of allylic oxidation sites excluding steroid dienone is 3. The van der Waals surface area contributed by atoms with Crippen LogP contribution in [0.15, 0.2) is 23.3 Å². The Bertz CT molecular complexity index is 787. The molecule has 0 bridgehead atoms. The van der Waals surface area contributed by atoms with Crippen molar-refractivity contribution in [3.05, 3.63) is 45.6 Å². The van der Waals surface area contributed by atoms with Crippen LogP contribution < -0.4 is 4.74 Å². The fourth-order valence-corrected chi connectivity index (χ4v) is 3.78. The topological polar surface area (TPSA) is 47.9 Å². The third-order valence-corrected chi connectivity index (χ3v) is 6.01. The molecule has 0 amide bonds. The smallest absolute Gasteiger partial charge is 0.130 e. The lowest BCUT2D eigenvalue weighted by Gasteiger charge is -2.37. The van der Waals surface area contributed by atoms with Crippen molar-refractivity contribution in [2.75, 3.05) is 26.4 Å². The second kappa shape index (κ2) is 11.0. The summed E-state index contributed by atoms with van der Waals surface area (Å²) in [6, 6.07) is 0. The van der Waals surface area contributed by atoms with E-state index < -0.39 is 0 Å². The summed E-state index contributed by atoms with van der Waals surface area (Å²) in [6.07, 6.45) is 8.36. The molecule has 0 saturated heterocycles. The summed E-state index contributed by atoms with van der Waals surface area (Å²) >= 11 is 0. The van der Waals surface area contributed by atoms with Crippen molar-refractivity contribution >= 4 is 0 Å². The molecule has 0 fully saturated rings. The Morgan fingerprint density at radius 1 is 1.03 bits per heavy atom. The summed E-state index contributed by atoms with van der Waals surface area (Å²) in [6.45, 7) is 16.8. The van der Waals surface area contributed by atoms with Gasteiger partial charge in [0.15, 0.2) is 0 Å². The zero-order valence-electron chi connectivity index (χ0n) is 20.0. The molecular formula is C26H40O4. The molecule has 0 radical (unpaired) electrons. The highest BCUT2D eigenvalue weighted by atomic mass is 16.6. The molecule has 30 heavy (non-hydrogen) atoms. The van der Waals surface area contributed by atoms with Gasteiger partial charge in [0.05, 0.1) is 26.4 Å². The largest absolute Gasteiger partial charge is 0.507 e. The van der Waals surface area contributed by atoms with E-state index in [0.717, 1.165) is 53.7 Å². The average molecular weight is 417 g/mol. The van der Waals surface area contributed by atoms with E-state index in [2.05, 4.69) is 39.8 Å². The fraction of sp³-hybridized carbons (Fsp3) is 0.615. The number of aromatic hydroxyl groups is 1. The minimum atomic E-state index is -0.352. The molecule has 168 valence electrons. The van der Waals surface area contributed by atoms with Crippen molar-refractivity contribution in [3.8, 4) is 11.5 Å². The van der Waals surface area contributed by atoms with Gasteiger partial charge in [-0.3, -0.25) is 0 Å². The summed E-state index contributed by atoms with van der Waals surface area (Å²) in [5, 5.41) is 10.3. The van der Waals surface area contributed by atoms with Crippen LogP contribution in [0.3, 0.4) is 0 Å². The number of phenols is 1. The summed E-state index contributed by atoms with van der Waals surface area (Å²) in [5.41, 5.74) is 6.37. The Balaban J connectivity index is 1.74. The van der Waals surface area contributed by atoms with E-state index in [4.69, 9.17) is 14.2 Å². The molecule has 1 aliphatic rings. The summed E-state index contributed by atoms with van der Waals surface area (Å²) in [4.78, 5) is 0. The van der Waals surface area contributed by atoms with E-state index in [1.807, 2.05) is 20.8 Å². The first-order valence-corrected chi connectivity index (χ1v) is 11.1. The maximum absolute atomic E-state index is 10.3. The van der Waals surface area contributed by atoms with Gasteiger partial charge in [-0.15, -0.1) is 0 Å². The standard InChI is InChI=1S/C26H40O4/c1-18(2)9-8-10-19(3)12-14-28-15-16-29-17-26(7)13-11-23-22(6)24(27)20(4)21(5)25(23)30-26/h9,12,27H,8,10-11,13-17H2,1-7H3. The number of ether oxygens (including phenoxy) is 3. The molecule has 0 spiro atoms. The quantitative estimate of drug-likeness (QED) is 0.368. The van der Waals surface area contributed by atoms with Gasteiger partial charge >= 0.3 is 0 Å². The number of hydrogen-bond donors (Lipinski definition) is 1. The predicted molar refractivity (Wildman–Crippen MR) is 124 cm³/mol. The van der Waals surface area contributed by atoms with Crippen LogP contribution in [0.4, 0.5) is 0 Å². The van der Waals surface area contributed by atoms with Crippen molar-refractivity contribution in [1.29, 1.82) is 0 Å². The minimum Gasteiger partial charge on any atom is -0.507 e. The van der Waals surface area contributed by atoms with Crippen LogP contribution in [0, 0.1) is 20.8 Å². The zero-order valence-corrected chi connectivity index (χ0v) is 20.0. The van der Waals surface area contributed by atoms with Crippen LogP contribution in [0.5, 0.6) is 11.5 Å². The van der Waals surface area contributed by atoms with Gasteiger partial charge in [0.2, 0.25) is 0 Å². The Hall–Kier alpha value is -1.78. The molecule has 4 heteroatoms. The summed E-state index contributed by atoms with van der Waals surface area (Å²) < 4.78 is 18.0. The van der Waals surface area contributed by atoms with Crippen LogP contribution in [0.1, 0.15) is 69.2 Å². The number of benzene rings is 1. The summed E-state index contributed by atoms with van der Waals surface area (Å²) in [7, 11) is 0. The highest BCUT2D eigenvalue weighted by Gasteiger charge is 2.34. The molecule has 1 heterocycles. The van der Waals surface area contributed by atoms with Crippen molar-refractivity contribution in [2.45, 2.75) is 79.8 Å². The zero-order chi connectivity index (χ0) is 22.3. The van der Waals surface area contributed by atoms with E-state index in [1.165, 1.54) is 11.1 Å². The fourth-order valence-electron chi connectivity index (χ4n) is 3.78. The van der Waals surface area contributed by atoms with E-state index in [-0.39, 0.29) is 5.60 Å². The monoisotopic (exact) mass is 416 g/mol. The van der Waals surface area contributed by atoms with Gasteiger partial charge in [0, 0.05) is 5.56 Å². The lowest BCUT2D eigenvalue weighted by Crippen LogP contribution is -2.41. The lowest BCUT2D eigenvalue weighted by molar-refractivity contribution is -0.0412. The Kier molecular flexibility index (Phi) is 8.99. The van der Waals surface area contributed by atoms with Gasteiger partial charge in [-0.1, -0.05) is 23.3 Å². The van der Waals surface area contributed by atoms with E-state index in [1.54, 1.807) is 0 Å². The van der Waals surface area contributed by atoms with Crippen molar-refractivity contribution in [3.63, 3.8) is 0 Å². The van der Waals surface area contributed by atoms with Crippen LogP contribution >= 0.6 is 0 Å². The molecule has 1 N–H and O–H groups in total. The van der Waals surface area contributed by atoms with Gasteiger partial charge in [0.25, 0.3) is 0 Å². The van der Waals surface area contributed by atoms with Gasteiger partial charge < -0.3 is 19.3 Å². The number of fused-ring (bicyclic) bond motifs is 1. The molecule has 0 aromatic heterocycles. The molecule has 2 rings (SSSR count). The molecule has 1 unspecified atom stereocenters. The lowest BCUT2D eigenvalue weighted by atomic mass is 9.87. The molecular weight excluding hydrogens is 376 g/mol. The number of hydrogen-bond acceptors (Lipinski definition) is 4. The van der Waals surface area contributed by atoms with Crippen LogP contribution in [0.2, 0.25) is 0 Å². The molecule has 0 aliphatic carbocycles. The molecule has 1 aliphatic heterocycles. The van der Waals surface area contributed by atoms with E-state index in [0.29, 0.717) is 32.2 Å². The Labute approximate surface area is 182 Å². The first-order chi connectivity index (χ1) is 14.1. The van der Waals surface area contributed by atoms with Crippen molar-refractivity contribution < 1.29 is 19.3 Å². The summed E-state index contributed by atoms with van der Waals surface area (Å²) in [5.74, 6) is 1.32. The molecule has 1 atom stereocenters. The van der Waals surface area contributed by atoms with E-state index >= 15 is 0 Å². The third-order valence-electron chi connectivity index (χ3n) is 6.01. The normalized spacial score (nSPS) is 18.7. The molecule has 1 aromatic carbocycles. The van der Waals surface area contributed by atoms with Gasteiger partial charge in [-0.25, -0.2) is 0 Å². The Morgan fingerprint density at radius 2 is 1.73 bits per heavy atom. The van der Waals surface area contributed by atoms with Crippen molar-refractivity contribution in [2.24, 2.45) is 0 Å². The van der Waals surface area contributed by atoms with Crippen LogP contribution in [0.25, 0.3) is 0 Å². The predicted octanol–water partition coefficient (Wildman–Crippen LogP) is 6.13. The van der Waals surface area contributed by atoms with Gasteiger partial charge in [-0.05, 0) is 90.8 Å². The maximum atomic E-state index is 10.3. The minimum absolute atomic E-state index is 0.352. The molecule has 0 saturated carbocycles. The first kappa shape index (κ1) is 24.5. The second-order valence-corrected chi connectivity index (χ2v) is 9.08. The highest BCUT2D eigenvalue weighted by Crippen LogP contribution is 2.43. The van der Waals surface area contributed by atoms with E-state index in [9.17, 15) is 5.11 Å². The average Bonchev–Trinajstić information content (AvgIpc) is 2.69. The SMILES string of the molecule is CC(C)=CCCC(C)=CCOCCOCC1(C)CCc2c(C)c(O)c(C)c(C)c2O1.